The lowest BCUT2D eigenvalue weighted by Crippen LogP contribution is -1.97. The maximum absolute atomic E-state index is 5.41. The first-order chi connectivity index (χ1) is 6.16. The Balaban J connectivity index is 1.93. The third kappa shape index (κ3) is 2.33. The van der Waals surface area contributed by atoms with E-state index in [1.54, 1.807) is 0 Å². The SMILES string of the molecule is CC(CC1OC1C)c1ccc(Br)s1. The molecule has 3 unspecified atom stereocenters. The molecule has 0 aliphatic carbocycles. The summed E-state index contributed by atoms with van der Waals surface area (Å²) >= 11 is 5.31. The Kier molecular flexibility index (Phi) is 2.77. The molecule has 0 N–H and O–H groups in total. The smallest absolute Gasteiger partial charge is 0.0845 e. The van der Waals surface area contributed by atoms with E-state index in [-0.39, 0.29) is 0 Å². The van der Waals surface area contributed by atoms with Crippen molar-refractivity contribution >= 4 is 27.3 Å². The van der Waals surface area contributed by atoms with Crippen LogP contribution in [0.15, 0.2) is 15.9 Å². The van der Waals surface area contributed by atoms with Gasteiger partial charge in [0.2, 0.25) is 0 Å². The summed E-state index contributed by atoms with van der Waals surface area (Å²) in [6.45, 7) is 4.41. The van der Waals surface area contributed by atoms with Crippen molar-refractivity contribution in [3.8, 4) is 0 Å². The summed E-state index contributed by atoms with van der Waals surface area (Å²) in [4.78, 5) is 1.45. The number of epoxide rings is 1. The van der Waals surface area contributed by atoms with E-state index in [4.69, 9.17) is 4.74 Å². The number of rotatable bonds is 3. The summed E-state index contributed by atoms with van der Waals surface area (Å²) in [7, 11) is 0. The fourth-order valence-corrected chi connectivity index (χ4v) is 3.02. The van der Waals surface area contributed by atoms with Crippen LogP contribution in [0.2, 0.25) is 0 Å². The molecule has 1 aliphatic rings. The fraction of sp³-hybridized carbons (Fsp3) is 0.600. The first-order valence-electron chi connectivity index (χ1n) is 4.57. The van der Waals surface area contributed by atoms with Crippen molar-refractivity contribution in [1.29, 1.82) is 0 Å². The molecule has 2 heterocycles. The summed E-state index contributed by atoms with van der Waals surface area (Å²) in [6.07, 6.45) is 2.16. The van der Waals surface area contributed by atoms with E-state index in [0.717, 1.165) is 6.42 Å². The zero-order chi connectivity index (χ0) is 9.42. The normalized spacial score (nSPS) is 28.8. The molecule has 1 saturated heterocycles. The topological polar surface area (TPSA) is 12.5 Å². The lowest BCUT2D eigenvalue weighted by atomic mass is 10.0. The molecule has 0 saturated carbocycles. The van der Waals surface area contributed by atoms with Gasteiger partial charge < -0.3 is 4.74 Å². The second-order valence-electron chi connectivity index (χ2n) is 3.66. The van der Waals surface area contributed by atoms with Crippen molar-refractivity contribution in [2.24, 2.45) is 0 Å². The van der Waals surface area contributed by atoms with E-state index in [0.29, 0.717) is 18.1 Å². The Morgan fingerprint density at radius 3 is 2.77 bits per heavy atom. The van der Waals surface area contributed by atoms with Crippen LogP contribution in [0.5, 0.6) is 0 Å². The standard InChI is InChI=1S/C10H13BrOS/c1-6(5-8-7(2)12-8)9-3-4-10(11)13-9/h3-4,6-8H,5H2,1-2H3. The van der Waals surface area contributed by atoms with Gasteiger partial charge in [0.15, 0.2) is 0 Å². The number of thiophene rings is 1. The summed E-state index contributed by atoms with van der Waals surface area (Å²) in [5.41, 5.74) is 0. The molecule has 13 heavy (non-hydrogen) atoms. The molecule has 3 atom stereocenters. The molecule has 1 nitrogen and oxygen atoms in total. The van der Waals surface area contributed by atoms with Crippen LogP contribution in [-0.4, -0.2) is 12.2 Å². The molecule has 0 bridgehead atoms. The van der Waals surface area contributed by atoms with Crippen molar-refractivity contribution in [1.82, 2.24) is 0 Å². The van der Waals surface area contributed by atoms with E-state index in [2.05, 4.69) is 41.9 Å². The van der Waals surface area contributed by atoms with Crippen LogP contribution in [-0.2, 0) is 4.74 Å². The second-order valence-corrected chi connectivity index (χ2v) is 6.15. The molecule has 0 amide bonds. The molecular weight excluding hydrogens is 248 g/mol. The Morgan fingerprint density at radius 1 is 1.62 bits per heavy atom. The van der Waals surface area contributed by atoms with Crippen molar-refractivity contribution in [2.45, 2.75) is 38.4 Å². The molecule has 1 aromatic rings. The lowest BCUT2D eigenvalue weighted by molar-refractivity contribution is 0.363. The summed E-state index contributed by atoms with van der Waals surface area (Å²) in [5.74, 6) is 0.631. The van der Waals surface area contributed by atoms with Gasteiger partial charge >= 0.3 is 0 Å². The molecule has 1 aliphatic heterocycles. The van der Waals surface area contributed by atoms with Crippen LogP contribution in [0.3, 0.4) is 0 Å². The summed E-state index contributed by atoms with van der Waals surface area (Å²) < 4.78 is 6.63. The average molecular weight is 261 g/mol. The highest BCUT2D eigenvalue weighted by molar-refractivity contribution is 9.11. The highest BCUT2D eigenvalue weighted by Gasteiger charge is 2.35. The molecule has 1 aromatic heterocycles. The first kappa shape index (κ1) is 9.69. The quantitative estimate of drug-likeness (QED) is 0.754. The van der Waals surface area contributed by atoms with E-state index >= 15 is 0 Å². The molecule has 2 rings (SSSR count). The Hall–Kier alpha value is 0.140. The van der Waals surface area contributed by atoms with E-state index < -0.39 is 0 Å². The van der Waals surface area contributed by atoms with Gasteiger partial charge in [-0.25, -0.2) is 0 Å². The van der Waals surface area contributed by atoms with Crippen LogP contribution in [0.4, 0.5) is 0 Å². The third-order valence-electron chi connectivity index (χ3n) is 2.50. The van der Waals surface area contributed by atoms with Gasteiger partial charge in [0.1, 0.15) is 0 Å². The Labute approximate surface area is 91.2 Å². The average Bonchev–Trinajstić information content (AvgIpc) is 2.62. The van der Waals surface area contributed by atoms with Crippen molar-refractivity contribution in [2.75, 3.05) is 0 Å². The number of hydrogen-bond donors (Lipinski definition) is 0. The van der Waals surface area contributed by atoms with Crippen LogP contribution in [0, 0.1) is 0 Å². The van der Waals surface area contributed by atoms with Crippen molar-refractivity contribution in [3.63, 3.8) is 0 Å². The van der Waals surface area contributed by atoms with Gasteiger partial charge in [-0.2, -0.15) is 0 Å². The zero-order valence-corrected chi connectivity index (χ0v) is 10.2. The molecular formula is C10H13BrOS. The van der Waals surface area contributed by atoms with E-state index in [1.165, 1.54) is 8.66 Å². The molecule has 0 radical (unpaired) electrons. The zero-order valence-electron chi connectivity index (χ0n) is 7.79. The highest BCUT2D eigenvalue weighted by atomic mass is 79.9. The highest BCUT2D eigenvalue weighted by Crippen LogP contribution is 2.36. The minimum absolute atomic E-state index is 0.492. The maximum atomic E-state index is 5.41. The molecule has 1 fully saturated rings. The van der Waals surface area contributed by atoms with E-state index in [9.17, 15) is 0 Å². The minimum atomic E-state index is 0.492. The predicted molar refractivity (Wildman–Crippen MR) is 59.4 cm³/mol. The molecule has 3 heteroatoms. The summed E-state index contributed by atoms with van der Waals surface area (Å²) in [6, 6.07) is 4.32. The Bertz CT molecular complexity index is 297. The predicted octanol–water partition coefficient (Wildman–Crippen LogP) is 3.79. The monoisotopic (exact) mass is 260 g/mol. The largest absolute Gasteiger partial charge is 0.370 e. The van der Waals surface area contributed by atoms with Gasteiger partial charge in [-0.05, 0) is 47.3 Å². The van der Waals surface area contributed by atoms with Gasteiger partial charge in [0.25, 0.3) is 0 Å². The molecule has 0 spiro atoms. The van der Waals surface area contributed by atoms with E-state index in [1.807, 2.05) is 11.3 Å². The van der Waals surface area contributed by atoms with Gasteiger partial charge in [-0.1, -0.05) is 6.92 Å². The minimum Gasteiger partial charge on any atom is -0.370 e. The van der Waals surface area contributed by atoms with Gasteiger partial charge in [-0.3, -0.25) is 0 Å². The second kappa shape index (κ2) is 3.71. The number of halogens is 1. The molecule has 0 aromatic carbocycles. The van der Waals surface area contributed by atoms with Gasteiger partial charge in [0.05, 0.1) is 16.0 Å². The lowest BCUT2D eigenvalue weighted by Gasteiger charge is -2.05. The fourth-order valence-electron chi connectivity index (χ4n) is 1.54. The molecule has 72 valence electrons. The Morgan fingerprint density at radius 2 is 2.31 bits per heavy atom. The first-order valence-corrected chi connectivity index (χ1v) is 6.18. The number of hydrogen-bond acceptors (Lipinski definition) is 2. The van der Waals surface area contributed by atoms with Crippen LogP contribution in [0.25, 0.3) is 0 Å². The third-order valence-corrected chi connectivity index (χ3v) is 4.36. The van der Waals surface area contributed by atoms with Crippen LogP contribution >= 0.6 is 27.3 Å². The van der Waals surface area contributed by atoms with Crippen molar-refractivity contribution < 1.29 is 4.74 Å². The van der Waals surface area contributed by atoms with Crippen LogP contribution in [0.1, 0.15) is 31.1 Å². The van der Waals surface area contributed by atoms with Crippen molar-refractivity contribution in [3.05, 3.63) is 20.8 Å². The summed E-state index contributed by atoms with van der Waals surface area (Å²) in [5, 5.41) is 0. The van der Waals surface area contributed by atoms with Gasteiger partial charge in [0, 0.05) is 4.88 Å². The van der Waals surface area contributed by atoms with Gasteiger partial charge in [-0.15, -0.1) is 11.3 Å². The maximum Gasteiger partial charge on any atom is 0.0845 e. The van der Waals surface area contributed by atoms with Crippen LogP contribution < -0.4 is 0 Å². The number of ether oxygens (including phenoxy) is 1.